The van der Waals surface area contributed by atoms with E-state index >= 15 is 0 Å². The van der Waals surface area contributed by atoms with E-state index in [1.54, 1.807) is 0 Å². The molecule has 0 aliphatic heterocycles. The zero-order valence-corrected chi connectivity index (χ0v) is 33.0. The van der Waals surface area contributed by atoms with E-state index in [9.17, 15) is 0 Å². The van der Waals surface area contributed by atoms with Gasteiger partial charge in [-0.15, -0.1) is 54.1 Å². The molecule has 48 heavy (non-hydrogen) atoms. The molecule has 0 bridgehead atoms. The SMILES string of the molecule is CC(C)c1cc(-c2[c-]cccc2)ncc1[Si](C)(C)C.Cc1ccc2c(n1)oc1c(-c3cc(C(C)(C)C4CCCC4)ccn3)[c-]ccc12.[Ir]. The quantitative estimate of drug-likeness (QED) is 0.124. The first-order valence-corrected chi connectivity index (χ1v) is 20.6. The summed E-state index contributed by atoms with van der Waals surface area (Å²) in [6.45, 7) is 18.4. The van der Waals surface area contributed by atoms with Gasteiger partial charge in [0.05, 0.1) is 13.7 Å². The fraction of sp³-hybridized carbons (Fsp3) is 0.357. The summed E-state index contributed by atoms with van der Waals surface area (Å²) in [5.41, 5.74) is 9.34. The van der Waals surface area contributed by atoms with Gasteiger partial charge in [-0.1, -0.05) is 88.8 Å². The molecular weight excluding hydrogens is 783 g/mol. The maximum atomic E-state index is 6.16. The third-order valence-corrected chi connectivity index (χ3v) is 12.0. The Morgan fingerprint density at radius 1 is 0.875 bits per heavy atom. The smallest absolute Gasteiger partial charge is 0.216 e. The molecule has 1 fully saturated rings. The summed E-state index contributed by atoms with van der Waals surface area (Å²) in [6.07, 6.45) is 9.37. The molecule has 0 N–H and O–H groups in total. The van der Waals surface area contributed by atoms with E-state index in [-0.39, 0.29) is 25.5 Å². The number of rotatable bonds is 6. The molecule has 0 saturated heterocycles. The number of aryl methyl sites for hydroxylation is 1. The Balaban J connectivity index is 0.000000198. The predicted octanol–water partition coefficient (Wildman–Crippen LogP) is 10.8. The Hall–Kier alpha value is -3.44. The first kappa shape index (κ1) is 35.9. The molecule has 6 heteroatoms. The number of aromatic nitrogens is 3. The van der Waals surface area contributed by atoms with Crippen molar-refractivity contribution in [3.63, 3.8) is 0 Å². The molecule has 1 aliphatic carbocycles. The molecule has 2 aromatic carbocycles. The number of furan rings is 1. The minimum Gasteiger partial charge on any atom is -0.486 e. The normalized spacial score (nSPS) is 13.9. The molecule has 4 nitrogen and oxygen atoms in total. The van der Waals surface area contributed by atoms with Crippen molar-refractivity contribution in [1.29, 1.82) is 0 Å². The van der Waals surface area contributed by atoms with Crippen LogP contribution in [0.25, 0.3) is 44.6 Å². The molecule has 0 amide bonds. The number of pyridine rings is 3. The fourth-order valence-corrected chi connectivity index (χ4v) is 8.71. The van der Waals surface area contributed by atoms with Crippen LogP contribution in [0, 0.1) is 25.0 Å². The third kappa shape index (κ3) is 7.41. The molecule has 7 rings (SSSR count). The van der Waals surface area contributed by atoms with Crippen molar-refractivity contribution in [2.75, 3.05) is 0 Å². The number of hydrogen-bond donors (Lipinski definition) is 0. The summed E-state index contributed by atoms with van der Waals surface area (Å²) >= 11 is 0. The van der Waals surface area contributed by atoms with Crippen LogP contribution in [0.15, 0.2) is 83.5 Å². The van der Waals surface area contributed by atoms with Crippen LogP contribution >= 0.6 is 0 Å². The average Bonchev–Trinajstić information content (AvgIpc) is 3.74. The molecule has 0 spiro atoms. The van der Waals surface area contributed by atoms with E-state index in [1.807, 2.05) is 49.5 Å². The second-order valence-corrected chi connectivity index (χ2v) is 20.0. The van der Waals surface area contributed by atoms with Gasteiger partial charge in [-0.25, -0.2) is 4.98 Å². The summed E-state index contributed by atoms with van der Waals surface area (Å²) in [5.74, 6) is 1.27. The van der Waals surface area contributed by atoms with Crippen LogP contribution in [0.1, 0.15) is 76.1 Å². The van der Waals surface area contributed by atoms with Crippen LogP contribution in [0.3, 0.4) is 0 Å². The monoisotopic (exact) mass is 830 g/mol. The van der Waals surface area contributed by atoms with Crippen molar-refractivity contribution >= 4 is 35.3 Å². The molecule has 1 radical (unpaired) electrons. The van der Waals surface area contributed by atoms with Crippen LogP contribution in [-0.2, 0) is 25.5 Å². The van der Waals surface area contributed by atoms with Gasteiger partial charge in [0, 0.05) is 43.6 Å². The maximum absolute atomic E-state index is 6.16. The van der Waals surface area contributed by atoms with Crippen LogP contribution in [-0.4, -0.2) is 23.0 Å². The second kappa shape index (κ2) is 14.6. The van der Waals surface area contributed by atoms with Gasteiger partial charge in [-0.3, -0.25) is 0 Å². The van der Waals surface area contributed by atoms with Crippen LogP contribution in [0.4, 0.5) is 0 Å². The summed E-state index contributed by atoms with van der Waals surface area (Å²) in [7, 11) is -1.34. The van der Waals surface area contributed by atoms with Crippen LogP contribution in [0.5, 0.6) is 0 Å². The van der Waals surface area contributed by atoms with Crippen molar-refractivity contribution < 1.29 is 24.5 Å². The number of benzene rings is 2. The number of hydrogen-bond acceptors (Lipinski definition) is 4. The van der Waals surface area contributed by atoms with E-state index < -0.39 is 8.07 Å². The van der Waals surface area contributed by atoms with Crippen LogP contribution in [0.2, 0.25) is 19.6 Å². The Labute approximate surface area is 301 Å². The first-order chi connectivity index (χ1) is 22.4. The molecule has 251 valence electrons. The average molecular weight is 830 g/mol. The standard InChI is InChI=1S/C25H25N2O.C17H22NSi.Ir/c1-16-11-12-20-19-9-6-10-21(23(19)28-24(20)27-16)22-15-18(13-14-26-22)25(2,3)17-7-4-5-8-17;1-13(2)15-11-16(14-9-7-6-8-10-14)18-12-17(15)19(3,4)5;/h6,9,11-15,17H,4-5,7-8H2,1-3H3;6-9,11-13H,1-5H3;/q2*-1;. The molecule has 0 atom stereocenters. The molecule has 4 aromatic heterocycles. The molecule has 0 unspecified atom stereocenters. The van der Waals surface area contributed by atoms with Gasteiger partial charge >= 0.3 is 0 Å². The Morgan fingerprint density at radius 2 is 1.65 bits per heavy atom. The summed E-state index contributed by atoms with van der Waals surface area (Å²) in [4.78, 5) is 13.9. The van der Waals surface area contributed by atoms with Crippen molar-refractivity contribution in [2.45, 2.75) is 91.3 Å². The van der Waals surface area contributed by atoms with Gasteiger partial charge in [0.1, 0.15) is 0 Å². The van der Waals surface area contributed by atoms with Crippen LogP contribution < -0.4 is 5.19 Å². The minimum absolute atomic E-state index is 0. The molecule has 1 aliphatic rings. The summed E-state index contributed by atoms with van der Waals surface area (Å²) < 4.78 is 6.16. The maximum Gasteiger partial charge on any atom is 0.216 e. The van der Waals surface area contributed by atoms with Crippen molar-refractivity contribution in [1.82, 2.24) is 15.0 Å². The number of fused-ring (bicyclic) bond motifs is 3. The molecular formula is C42H47IrN3OSi-2. The Morgan fingerprint density at radius 3 is 2.33 bits per heavy atom. The summed E-state index contributed by atoms with van der Waals surface area (Å²) in [5, 5.41) is 3.58. The van der Waals surface area contributed by atoms with Gasteiger partial charge in [0.15, 0.2) is 0 Å². The van der Waals surface area contributed by atoms with Gasteiger partial charge in [-0.05, 0) is 77.4 Å². The van der Waals surface area contributed by atoms with E-state index in [0.717, 1.165) is 50.5 Å². The zero-order valence-electron chi connectivity index (χ0n) is 29.6. The van der Waals surface area contributed by atoms with E-state index in [2.05, 4.69) is 111 Å². The topological polar surface area (TPSA) is 51.8 Å². The van der Waals surface area contributed by atoms with Crippen molar-refractivity contribution in [3.05, 3.63) is 108 Å². The first-order valence-electron chi connectivity index (χ1n) is 17.1. The van der Waals surface area contributed by atoms with Gasteiger partial charge in [0.2, 0.25) is 5.71 Å². The van der Waals surface area contributed by atoms with E-state index in [0.29, 0.717) is 11.6 Å². The van der Waals surface area contributed by atoms with Gasteiger partial charge in [0.25, 0.3) is 0 Å². The Bertz CT molecular complexity index is 2000. The fourth-order valence-electron chi connectivity index (χ4n) is 7.03. The second-order valence-electron chi connectivity index (χ2n) is 15.0. The largest absolute Gasteiger partial charge is 0.486 e. The van der Waals surface area contributed by atoms with Gasteiger partial charge < -0.3 is 14.4 Å². The van der Waals surface area contributed by atoms with E-state index in [1.165, 1.54) is 42.0 Å². The van der Waals surface area contributed by atoms with Crippen molar-refractivity contribution in [3.8, 4) is 22.5 Å². The third-order valence-electron chi connectivity index (χ3n) is 9.92. The predicted molar refractivity (Wildman–Crippen MR) is 199 cm³/mol. The minimum atomic E-state index is -1.34. The number of nitrogens with zero attached hydrogens (tertiary/aromatic N) is 3. The Kier molecular flexibility index (Phi) is 10.9. The molecule has 1 saturated carbocycles. The van der Waals surface area contributed by atoms with E-state index in [4.69, 9.17) is 4.42 Å². The van der Waals surface area contributed by atoms with Crippen molar-refractivity contribution in [2.24, 2.45) is 5.92 Å². The molecule has 4 heterocycles. The zero-order chi connectivity index (χ0) is 33.3. The summed E-state index contributed by atoms with van der Waals surface area (Å²) in [6, 6.07) is 29.4. The molecule has 6 aromatic rings. The van der Waals surface area contributed by atoms with Gasteiger partial charge in [-0.2, -0.15) is 0 Å².